The van der Waals surface area contributed by atoms with Gasteiger partial charge in [-0.2, -0.15) is 0 Å². The first kappa shape index (κ1) is 22.5. The molecule has 2 rings (SSSR count). The van der Waals surface area contributed by atoms with Crippen LogP contribution < -0.4 is 10.1 Å². The zero-order chi connectivity index (χ0) is 18.1. The number of unbranched alkanes of at least 4 members (excludes halogenated alkanes) is 2. The van der Waals surface area contributed by atoms with E-state index in [1.54, 1.807) is 7.11 Å². The van der Waals surface area contributed by atoms with E-state index in [4.69, 9.17) is 4.74 Å². The van der Waals surface area contributed by atoms with Crippen molar-refractivity contribution in [1.82, 2.24) is 9.88 Å². The zero-order valence-corrected chi connectivity index (χ0v) is 17.4. The van der Waals surface area contributed by atoms with Crippen LogP contribution in [-0.2, 0) is 0 Å². The van der Waals surface area contributed by atoms with Crippen molar-refractivity contribution in [3.63, 3.8) is 0 Å². The highest BCUT2D eigenvalue weighted by atomic mass is 35.5. The molecule has 0 aliphatic carbocycles. The minimum atomic E-state index is 0. The van der Waals surface area contributed by atoms with Gasteiger partial charge in [-0.25, -0.2) is 0 Å². The van der Waals surface area contributed by atoms with Crippen molar-refractivity contribution in [2.24, 2.45) is 0 Å². The topological polar surface area (TPSA) is 37.4 Å². The normalized spacial score (nSPS) is 12.0. The molecule has 1 atom stereocenters. The number of rotatable bonds is 11. The molecule has 0 aliphatic heterocycles. The molecule has 1 aromatic carbocycles. The molecule has 0 radical (unpaired) electrons. The highest BCUT2D eigenvalue weighted by Crippen LogP contribution is 2.27. The summed E-state index contributed by atoms with van der Waals surface area (Å²) in [6.45, 7) is 10.00. The van der Waals surface area contributed by atoms with Crippen LogP contribution in [0.15, 0.2) is 30.5 Å². The lowest BCUT2D eigenvalue weighted by molar-refractivity contribution is 0.207. The van der Waals surface area contributed by atoms with Crippen molar-refractivity contribution in [3.8, 4) is 5.75 Å². The van der Waals surface area contributed by atoms with Gasteiger partial charge < -0.3 is 10.1 Å². The summed E-state index contributed by atoms with van der Waals surface area (Å²) in [6.07, 6.45) is 6.90. The summed E-state index contributed by atoms with van der Waals surface area (Å²) in [7, 11) is 1.71. The van der Waals surface area contributed by atoms with E-state index in [1.165, 1.54) is 32.2 Å². The number of hydrogen-bond donors (Lipinski definition) is 1. The van der Waals surface area contributed by atoms with Gasteiger partial charge in [0.2, 0.25) is 0 Å². The van der Waals surface area contributed by atoms with Crippen LogP contribution in [0.5, 0.6) is 5.75 Å². The summed E-state index contributed by atoms with van der Waals surface area (Å²) in [5, 5.41) is 4.68. The van der Waals surface area contributed by atoms with Gasteiger partial charge >= 0.3 is 0 Å². The molecular formula is C21H34ClN3O. The molecule has 2 aromatic rings. The maximum absolute atomic E-state index is 5.43. The van der Waals surface area contributed by atoms with Crippen LogP contribution in [0.3, 0.4) is 0 Å². The van der Waals surface area contributed by atoms with Gasteiger partial charge in [0.15, 0.2) is 0 Å². The molecule has 0 bridgehead atoms. The van der Waals surface area contributed by atoms with Crippen molar-refractivity contribution in [1.29, 1.82) is 0 Å². The molecule has 146 valence electrons. The third-order valence-corrected chi connectivity index (χ3v) is 4.89. The maximum atomic E-state index is 5.43. The van der Waals surface area contributed by atoms with Gasteiger partial charge in [-0.15, -0.1) is 12.4 Å². The predicted molar refractivity (Wildman–Crippen MR) is 115 cm³/mol. The molecule has 0 aliphatic rings. The Labute approximate surface area is 164 Å². The number of fused-ring (bicyclic) bond motifs is 1. The quantitative estimate of drug-likeness (QED) is 0.532. The number of nitrogens with one attached hydrogen (secondary N) is 1. The van der Waals surface area contributed by atoms with Crippen LogP contribution in [-0.4, -0.2) is 42.7 Å². The highest BCUT2D eigenvalue weighted by molar-refractivity contribution is 5.91. The van der Waals surface area contributed by atoms with Crippen LogP contribution in [0.4, 0.5) is 5.69 Å². The van der Waals surface area contributed by atoms with Crippen LogP contribution >= 0.6 is 12.4 Å². The molecule has 0 saturated heterocycles. The van der Waals surface area contributed by atoms with E-state index in [1.807, 2.05) is 24.4 Å². The standard InChI is InChI=1S/C21H33N3O.ClH/c1-5-7-8-13-24(17(3)6-2)14-12-22-20-16-19(25-4)15-18-10-9-11-23-21(18)20;/h9-11,15-17,22H,5-8,12-14H2,1-4H3;1H. The number of halogens is 1. The second-order valence-corrected chi connectivity index (χ2v) is 6.68. The fourth-order valence-electron chi connectivity index (χ4n) is 3.13. The molecule has 5 heteroatoms. The van der Waals surface area contributed by atoms with Crippen LogP contribution in [0, 0.1) is 0 Å². The number of methoxy groups -OCH3 is 1. The lowest BCUT2D eigenvalue weighted by atomic mass is 10.1. The molecule has 26 heavy (non-hydrogen) atoms. The first-order valence-corrected chi connectivity index (χ1v) is 9.60. The molecule has 1 unspecified atom stereocenters. The van der Waals surface area contributed by atoms with E-state index >= 15 is 0 Å². The number of nitrogens with zero attached hydrogens (tertiary/aromatic N) is 2. The molecule has 0 fully saturated rings. The summed E-state index contributed by atoms with van der Waals surface area (Å²) in [6, 6.07) is 8.73. The Balaban J connectivity index is 0.00000338. The van der Waals surface area contributed by atoms with Gasteiger partial charge in [-0.1, -0.05) is 32.8 Å². The number of aromatic nitrogens is 1. The van der Waals surface area contributed by atoms with Crippen LogP contribution in [0.1, 0.15) is 46.5 Å². The average molecular weight is 380 g/mol. The van der Waals surface area contributed by atoms with E-state index in [0.29, 0.717) is 6.04 Å². The summed E-state index contributed by atoms with van der Waals surface area (Å²) >= 11 is 0. The Kier molecular flexibility index (Phi) is 10.4. The fraction of sp³-hybridized carbons (Fsp3) is 0.571. The SMILES string of the molecule is CCCCCN(CCNc1cc(OC)cc2cccnc12)C(C)CC.Cl. The smallest absolute Gasteiger partial charge is 0.121 e. The van der Waals surface area contributed by atoms with Gasteiger partial charge in [0.1, 0.15) is 5.75 Å². The lowest BCUT2D eigenvalue weighted by Gasteiger charge is -2.28. The predicted octanol–water partition coefficient (Wildman–Crippen LogP) is 5.37. The Morgan fingerprint density at radius 1 is 1.19 bits per heavy atom. The Morgan fingerprint density at radius 3 is 2.69 bits per heavy atom. The molecule has 1 N–H and O–H groups in total. The van der Waals surface area contributed by atoms with E-state index in [2.05, 4.69) is 42.0 Å². The summed E-state index contributed by atoms with van der Waals surface area (Å²) in [5.74, 6) is 0.865. The van der Waals surface area contributed by atoms with Gasteiger partial charge in [0.05, 0.1) is 18.3 Å². The van der Waals surface area contributed by atoms with Crippen molar-refractivity contribution in [2.75, 3.05) is 32.1 Å². The van der Waals surface area contributed by atoms with E-state index in [9.17, 15) is 0 Å². The van der Waals surface area contributed by atoms with Gasteiger partial charge in [0, 0.05) is 36.8 Å². The monoisotopic (exact) mass is 379 g/mol. The third kappa shape index (κ3) is 6.33. The highest BCUT2D eigenvalue weighted by Gasteiger charge is 2.12. The van der Waals surface area contributed by atoms with Crippen molar-refractivity contribution in [3.05, 3.63) is 30.5 Å². The minimum absolute atomic E-state index is 0. The average Bonchev–Trinajstić information content (AvgIpc) is 2.65. The second-order valence-electron chi connectivity index (χ2n) is 6.68. The first-order chi connectivity index (χ1) is 12.2. The Morgan fingerprint density at radius 2 is 2.00 bits per heavy atom. The van der Waals surface area contributed by atoms with Crippen molar-refractivity contribution < 1.29 is 4.74 Å². The molecule has 0 amide bonds. The number of hydrogen-bond acceptors (Lipinski definition) is 4. The van der Waals surface area contributed by atoms with E-state index in [0.717, 1.165) is 35.4 Å². The Bertz CT molecular complexity index is 650. The molecule has 0 saturated carbocycles. The number of ether oxygens (including phenoxy) is 1. The number of pyridine rings is 1. The van der Waals surface area contributed by atoms with Gasteiger partial charge in [0.25, 0.3) is 0 Å². The molecule has 4 nitrogen and oxygen atoms in total. The van der Waals surface area contributed by atoms with Gasteiger partial charge in [-0.05, 0) is 38.4 Å². The van der Waals surface area contributed by atoms with E-state index in [-0.39, 0.29) is 12.4 Å². The molecule has 0 spiro atoms. The number of benzene rings is 1. The molecule has 1 heterocycles. The number of anilines is 1. The van der Waals surface area contributed by atoms with Crippen molar-refractivity contribution in [2.45, 2.75) is 52.5 Å². The lowest BCUT2D eigenvalue weighted by Crippen LogP contribution is -2.37. The third-order valence-electron chi connectivity index (χ3n) is 4.89. The first-order valence-electron chi connectivity index (χ1n) is 9.60. The van der Waals surface area contributed by atoms with Crippen molar-refractivity contribution >= 4 is 29.0 Å². The zero-order valence-electron chi connectivity index (χ0n) is 16.6. The second kappa shape index (κ2) is 12.0. The fourth-order valence-corrected chi connectivity index (χ4v) is 3.13. The minimum Gasteiger partial charge on any atom is -0.497 e. The maximum Gasteiger partial charge on any atom is 0.121 e. The van der Waals surface area contributed by atoms with Crippen LogP contribution in [0.25, 0.3) is 10.9 Å². The largest absolute Gasteiger partial charge is 0.497 e. The molecular weight excluding hydrogens is 346 g/mol. The molecule has 1 aromatic heterocycles. The summed E-state index contributed by atoms with van der Waals surface area (Å²) in [5.41, 5.74) is 2.05. The van der Waals surface area contributed by atoms with Gasteiger partial charge in [-0.3, -0.25) is 9.88 Å². The summed E-state index contributed by atoms with van der Waals surface area (Å²) in [4.78, 5) is 7.13. The summed E-state index contributed by atoms with van der Waals surface area (Å²) < 4.78 is 5.43. The Hall–Kier alpha value is -1.52. The van der Waals surface area contributed by atoms with E-state index < -0.39 is 0 Å². The van der Waals surface area contributed by atoms with Crippen LogP contribution in [0.2, 0.25) is 0 Å².